The molecule has 3 N–H and O–H groups in total. The van der Waals surface area contributed by atoms with Gasteiger partial charge in [0.15, 0.2) is 0 Å². The first-order chi connectivity index (χ1) is 29.5. The average Bonchev–Trinajstić information content (AvgIpc) is 3.90. The van der Waals surface area contributed by atoms with Crippen LogP contribution in [0.25, 0.3) is 5.57 Å². The van der Waals surface area contributed by atoms with Crippen molar-refractivity contribution in [3.05, 3.63) is 247 Å². The minimum absolute atomic E-state index is 0.240. The Bertz CT molecular complexity index is 2140. The van der Waals surface area contributed by atoms with Crippen LogP contribution in [-0.2, 0) is 5.41 Å². The molecule has 3 aromatic rings. The maximum absolute atomic E-state index is 4.59. The first kappa shape index (κ1) is 48.2. The van der Waals surface area contributed by atoms with Crippen molar-refractivity contribution in [1.29, 1.82) is 0 Å². The average molecular weight is 797 g/mol. The van der Waals surface area contributed by atoms with Crippen LogP contribution in [-0.4, -0.2) is 14.1 Å². The van der Waals surface area contributed by atoms with Crippen LogP contribution in [0.2, 0.25) is 0 Å². The highest BCUT2D eigenvalue weighted by Gasteiger charge is 2.48. The van der Waals surface area contributed by atoms with E-state index in [1.54, 1.807) is 0 Å². The summed E-state index contributed by atoms with van der Waals surface area (Å²) in [6, 6.07) is 27.8. The number of allylic oxidation sites excluding steroid dienone is 19. The number of para-hydroxylation sites is 1. The zero-order valence-corrected chi connectivity index (χ0v) is 37.2. The first-order valence-electron chi connectivity index (χ1n) is 21.4. The molecular formula is C56H68N4. The second kappa shape index (κ2) is 26.7. The molecular weight excluding hydrogens is 729 g/mol. The highest BCUT2D eigenvalue weighted by Crippen LogP contribution is 2.58. The molecule has 0 amide bonds. The molecule has 0 fully saturated rings. The number of hydrazine groups is 1. The number of hydrogen-bond acceptors (Lipinski definition) is 4. The van der Waals surface area contributed by atoms with E-state index in [1.165, 1.54) is 39.2 Å². The largest absolute Gasteiger partial charge is 0.359 e. The Morgan fingerprint density at radius 1 is 0.783 bits per heavy atom. The van der Waals surface area contributed by atoms with Crippen LogP contribution in [0.5, 0.6) is 0 Å². The SMILES string of the molecule is C1=CCC(Nc2ccccc2)=C1.C=C/C=C\C=CC1(C=CC/C=C\C=C)c2ccccc2C2=C3C(=C)/C=C\C=C/N(c4cccc(C)c4)C3=CCC21.CC.CC.CNNC. The van der Waals surface area contributed by atoms with E-state index in [0.29, 0.717) is 0 Å². The van der Waals surface area contributed by atoms with E-state index in [4.69, 9.17) is 0 Å². The van der Waals surface area contributed by atoms with Crippen molar-refractivity contribution in [2.24, 2.45) is 5.92 Å². The molecule has 4 nitrogen and oxygen atoms in total. The van der Waals surface area contributed by atoms with Gasteiger partial charge in [-0.05, 0) is 98.1 Å². The van der Waals surface area contributed by atoms with Gasteiger partial charge >= 0.3 is 0 Å². The lowest BCUT2D eigenvalue weighted by Crippen LogP contribution is -2.30. The summed E-state index contributed by atoms with van der Waals surface area (Å²) in [5.41, 5.74) is 17.4. The van der Waals surface area contributed by atoms with Crippen LogP contribution in [0, 0.1) is 12.8 Å². The highest BCUT2D eigenvalue weighted by atomic mass is 15.3. The normalized spacial score (nSPS) is 19.4. The minimum Gasteiger partial charge on any atom is -0.359 e. The third kappa shape index (κ3) is 12.9. The number of benzene rings is 3. The summed E-state index contributed by atoms with van der Waals surface area (Å²) in [6.45, 7) is 22.4. The van der Waals surface area contributed by atoms with Crippen LogP contribution < -0.4 is 21.1 Å². The van der Waals surface area contributed by atoms with Gasteiger partial charge < -0.3 is 10.2 Å². The van der Waals surface area contributed by atoms with E-state index in [0.717, 1.165) is 36.2 Å². The standard InChI is InChI=1S/C39H37N.C11H11N.C2H8N2.2C2H6/c1-5-7-9-11-16-27-39(26-15-10-8-6-2)34-23-13-12-22-33(34)38-35(39)24-25-36-37(38)31(4)20-14-17-28-40(36)32-21-18-19-30(3)29-32;1-2-6-10(7-3-1)12-11-8-4-5-9-11;1-3-4-2;2*1-2/h5-10,12-23,25-29,35H,1-2,4,11,24H2,3H3;1-8,12H,9H2;3-4H,1-2H3;2*1-2H3/b9-7-,10-8-,20-14-,26-15?,27-16?,28-17-;;;;. The summed E-state index contributed by atoms with van der Waals surface area (Å²) < 4.78 is 0. The maximum atomic E-state index is 4.59. The van der Waals surface area contributed by atoms with Gasteiger partial charge in [-0.1, -0.05) is 193 Å². The van der Waals surface area contributed by atoms with Gasteiger partial charge in [0, 0.05) is 52.3 Å². The molecule has 3 aromatic carbocycles. The summed E-state index contributed by atoms with van der Waals surface area (Å²) in [5, 5.41) is 3.34. The third-order valence-electron chi connectivity index (χ3n) is 9.95. The van der Waals surface area contributed by atoms with Gasteiger partial charge in [0.25, 0.3) is 0 Å². The first-order valence-corrected chi connectivity index (χ1v) is 21.4. The molecule has 0 aromatic heterocycles. The molecule has 2 atom stereocenters. The Hall–Kier alpha value is -6.20. The molecule has 7 rings (SSSR count). The second-order valence-corrected chi connectivity index (χ2v) is 13.7. The van der Waals surface area contributed by atoms with E-state index in [2.05, 4.69) is 194 Å². The van der Waals surface area contributed by atoms with Crippen LogP contribution in [0.4, 0.5) is 11.4 Å². The van der Waals surface area contributed by atoms with Crippen molar-refractivity contribution in [3.8, 4) is 0 Å². The number of nitrogens with one attached hydrogen (secondary N) is 3. The van der Waals surface area contributed by atoms with Gasteiger partial charge in [-0.2, -0.15) is 0 Å². The van der Waals surface area contributed by atoms with E-state index < -0.39 is 0 Å². The lowest BCUT2D eigenvalue weighted by Gasteiger charge is -2.37. The number of nitrogens with zero attached hydrogens (tertiary/aromatic N) is 1. The highest BCUT2D eigenvalue weighted by molar-refractivity contribution is 5.90. The molecule has 0 saturated heterocycles. The predicted octanol–water partition coefficient (Wildman–Crippen LogP) is 14.4. The molecule has 0 spiro atoms. The van der Waals surface area contributed by atoms with Crippen LogP contribution in [0.1, 0.15) is 63.6 Å². The molecule has 60 heavy (non-hydrogen) atoms. The van der Waals surface area contributed by atoms with E-state index in [-0.39, 0.29) is 11.3 Å². The molecule has 1 heterocycles. The molecule has 0 radical (unpaired) electrons. The summed E-state index contributed by atoms with van der Waals surface area (Å²) >= 11 is 0. The van der Waals surface area contributed by atoms with Gasteiger partial charge in [-0.15, -0.1) is 0 Å². The fraction of sp³-hybridized carbons (Fsp3) is 0.214. The molecule has 4 heteroatoms. The van der Waals surface area contributed by atoms with E-state index >= 15 is 0 Å². The minimum atomic E-state index is -0.287. The van der Waals surface area contributed by atoms with Crippen molar-refractivity contribution in [2.45, 2.75) is 59.3 Å². The van der Waals surface area contributed by atoms with Gasteiger partial charge in [-0.25, -0.2) is 0 Å². The van der Waals surface area contributed by atoms with Crippen molar-refractivity contribution in [1.82, 2.24) is 10.9 Å². The second-order valence-electron chi connectivity index (χ2n) is 13.7. The monoisotopic (exact) mass is 797 g/mol. The number of fused-ring (bicyclic) bond motifs is 4. The number of aryl methyl sites for hydroxylation is 1. The Labute approximate surface area is 363 Å². The smallest absolute Gasteiger partial charge is 0.0497 e. The van der Waals surface area contributed by atoms with Gasteiger partial charge in [0.1, 0.15) is 0 Å². The van der Waals surface area contributed by atoms with Crippen molar-refractivity contribution in [3.63, 3.8) is 0 Å². The lowest BCUT2D eigenvalue weighted by molar-refractivity contribution is 0.513. The number of anilines is 2. The van der Waals surface area contributed by atoms with Crippen LogP contribution in [0.15, 0.2) is 231 Å². The summed E-state index contributed by atoms with van der Waals surface area (Å²) in [5.74, 6) is 0.240. The molecule has 4 aliphatic rings. The molecule has 1 aliphatic heterocycles. The zero-order valence-electron chi connectivity index (χ0n) is 37.2. The van der Waals surface area contributed by atoms with Gasteiger partial charge in [0.2, 0.25) is 0 Å². The van der Waals surface area contributed by atoms with Crippen LogP contribution in [0.3, 0.4) is 0 Å². The molecule has 2 unspecified atom stereocenters. The van der Waals surface area contributed by atoms with E-state index in [1.807, 2.05) is 84.3 Å². The molecule has 0 bridgehead atoms. The van der Waals surface area contributed by atoms with Crippen molar-refractivity contribution < 1.29 is 0 Å². The van der Waals surface area contributed by atoms with Crippen molar-refractivity contribution in [2.75, 3.05) is 24.3 Å². The molecule has 0 saturated carbocycles. The van der Waals surface area contributed by atoms with Crippen molar-refractivity contribution >= 4 is 16.9 Å². The maximum Gasteiger partial charge on any atom is 0.0497 e. The predicted molar refractivity (Wildman–Crippen MR) is 267 cm³/mol. The fourth-order valence-electron chi connectivity index (χ4n) is 7.42. The Balaban J connectivity index is 0.000000397. The number of hydrogen-bond donors (Lipinski definition) is 3. The van der Waals surface area contributed by atoms with E-state index in [9.17, 15) is 0 Å². The Kier molecular flexibility index (Phi) is 21.5. The Morgan fingerprint density at radius 3 is 2.20 bits per heavy atom. The lowest BCUT2D eigenvalue weighted by atomic mass is 9.69. The van der Waals surface area contributed by atoms with Gasteiger partial charge in [0.05, 0.1) is 0 Å². The topological polar surface area (TPSA) is 39.3 Å². The molecule has 3 aliphatic carbocycles. The fourth-order valence-corrected chi connectivity index (χ4v) is 7.42. The molecule has 312 valence electrons. The quantitative estimate of drug-likeness (QED) is 0.103. The number of rotatable bonds is 11. The zero-order chi connectivity index (χ0) is 43.6. The summed E-state index contributed by atoms with van der Waals surface area (Å²) in [6.07, 6.45) is 41.1. The van der Waals surface area contributed by atoms with Gasteiger partial charge in [-0.3, -0.25) is 10.9 Å². The van der Waals surface area contributed by atoms with Crippen LogP contribution >= 0.6 is 0 Å². The Morgan fingerprint density at radius 2 is 1.52 bits per heavy atom. The summed E-state index contributed by atoms with van der Waals surface area (Å²) in [7, 11) is 3.64. The third-order valence-corrected chi connectivity index (χ3v) is 9.95. The summed E-state index contributed by atoms with van der Waals surface area (Å²) in [4.78, 5) is 2.32.